The summed E-state index contributed by atoms with van der Waals surface area (Å²) in [6.45, 7) is 4.21. The summed E-state index contributed by atoms with van der Waals surface area (Å²) in [5.41, 5.74) is 0.882. The third-order valence-electron chi connectivity index (χ3n) is 3.93. The first-order valence-electron chi connectivity index (χ1n) is 5.95. The first-order valence-corrected chi connectivity index (χ1v) is 6.77. The normalized spacial score (nSPS) is 28.4. The summed E-state index contributed by atoms with van der Waals surface area (Å²) < 4.78 is 0. The van der Waals surface area contributed by atoms with E-state index in [-0.39, 0.29) is 0 Å². The number of fused-ring (bicyclic) bond motifs is 1. The lowest BCUT2D eigenvalue weighted by Gasteiger charge is -2.15. The molecule has 2 fully saturated rings. The Kier molecular flexibility index (Phi) is 2.46. The highest BCUT2D eigenvalue weighted by Crippen LogP contribution is 2.40. The molecule has 1 aromatic heterocycles. The molecule has 1 saturated carbocycles. The van der Waals surface area contributed by atoms with Crippen molar-refractivity contribution >= 4 is 22.8 Å². The van der Waals surface area contributed by atoms with E-state index in [1.807, 2.05) is 6.92 Å². The van der Waals surface area contributed by atoms with Gasteiger partial charge < -0.3 is 4.90 Å². The van der Waals surface area contributed by atoms with Crippen molar-refractivity contribution in [1.29, 1.82) is 0 Å². The Labute approximate surface area is 99.5 Å². The van der Waals surface area contributed by atoms with Crippen molar-refractivity contribution in [2.24, 2.45) is 11.8 Å². The molecule has 2 unspecified atom stereocenters. The van der Waals surface area contributed by atoms with Crippen LogP contribution in [0.4, 0.5) is 5.13 Å². The van der Waals surface area contributed by atoms with Crippen molar-refractivity contribution in [2.75, 3.05) is 18.0 Å². The molecule has 1 aromatic rings. The number of thiazole rings is 1. The van der Waals surface area contributed by atoms with Crippen molar-refractivity contribution in [2.45, 2.75) is 26.2 Å². The Bertz CT molecular complexity index is 403. The van der Waals surface area contributed by atoms with E-state index in [2.05, 4.69) is 9.88 Å². The quantitative estimate of drug-likeness (QED) is 0.740. The van der Waals surface area contributed by atoms with Crippen LogP contribution in [-0.2, 0) is 0 Å². The second kappa shape index (κ2) is 3.84. The summed E-state index contributed by atoms with van der Waals surface area (Å²) in [4.78, 5) is 18.5. The highest BCUT2D eigenvalue weighted by molar-refractivity contribution is 7.17. The maximum absolute atomic E-state index is 10.8. The third kappa shape index (κ3) is 1.56. The standard InChI is InChI=1S/C12H16N2OS/c1-8-11(7-15)16-12(13-8)14-5-9-3-2-4-10(9)6-14/h7,9-10H,2-6H2,1H3. The number of anilines is 1. The topological polar surface area (TPSA) is 33.2 Å². The van der Waals surface area contributed by atoms with E-state index in [0.29, 0.717) is 0 Å². The molecule has 2 heterocycles. The van der Waals surface area contributed by atoms with E-state index < -0.39 is 0 Å². The van der Waals surface area contributed by atoms with Gasteiger partial charge in [-0.3, -0.25) is 4.79 Å². The molecule has 4 heteroatoms. The fourth-order valence-corrected chi connectivity index (χ4v) is 3.93. The molecule has 3 rings (SSSR count). The van der Waals surface area contributed by atoms with E-state index in [0.717, 1.165) is 46.9 Å². The lowest BCUT2D eigenvalue weighted by atomic mass is 10.0. The molecule has 2 atom stereocenters. The molecule has 0 aromatic carbocycles. The highest BCUT2D eigenvalue weighted by atomic mass is 32.1. The minimum atomic E-state index is 0.784. The van der Waals surface area contributed by atoms with Gasteiger partial charge in [-0.15, -0.1) is 0 Å². The molecule has 1 aliphatic carbocycles. The Morgan fingerprint density at radius 3 is 2.62 bits per heavy atom. The average molecular weight is 236 g/mol. The second-order valence-electron chi connectivity index (χ2n) is 4.92. The van der Waals surface area contributed by atoms with Crippen LogP contribution in [0.15, 0.2) is 0 Å². The lowest BCUT2D eigenvalue weighted by molar-refractivity contribution is 0.112. The first kappa shape index (κ1) is 10.3. The number of hydrogen-bond acceptors (Lipinski definition) is 4. The maximum Gasteiger partial charge on any atom is 0.186 e. The van der Waals surface area contributed by atoms with Crippen molar-refractivity contribution in [3.05, 3.63) is 10.6 Å². The van der Waals surface area contributed by atoms with E-state index in [1.165, 1.54) is 19.3 Å². The van der Waals surface area contributed by atoms with Crippen LogP contribution in [0.3, 0.4) is 0 Å². The van der Waals surface area contributed by atoms with Gasteiger partial charge in [-0.05, 0) is 31.6 Å². The number of hydrogen-bond donors (Lipinski definition) is 0. The van der Waals surface area contributed by atoms with Crippen LogP contribution in [0.2, 0.25) is 0 Å². The predicted octanol–water partition coefficient (Wildman–Crippen LogP) is 2.50. The molecular weight excluding hydrogens is 220 g/mol. The zero-order valence-corrected chi connectivity index (χ0v) is 10.3. The van der Waals surface area contributed by atoms with Crippen LogP contribution in [0.25, 0.3) is 0 Å². The molecule has 16 heavy (non-hydrogen) atoms. The van der Waals surface area contributed by atoms with Gasteiger partial charge >= 0.3 is 0 Å². The number of aromatic nitrogens is 1. The van der Waals surface area contributed by atoms with Crippen molar-refractivity contribution in [3.8, 4) is 0 Å². The van der Waals surface area contributed by atoms with Gasteiger partial charge in [0.05, 0.1) is 10.6 Å². The fourth-order valence-electron chi connectivity index (χ4n) is 3.03. The number of aldehydes is 1. The first-order chi connectivity index (χ1) is 7.78. The van der Waals surface area contributed by atoms with Crippen LogP contribution < -0.4 is 4.90 Å². The lowest BCUT2D eigenvalue weighted by Crippen LogP contribution is -2.20. The van der Waals surface area contributed by atoms with Gasteiger partial charge in [-0.2, -0.15) is 0 Å². The highest BCUT2D eigenvalue weighted by Gasteiger charge is 2.37. The van der Waals surface area contributed by atoms with Gasteiger partial charge in [0.2, 0.25) is 0 Å². The van der Waals surface area contributed by atoms with Gasteiger partial charge in [-0.25, -0.2) is 4.98 Å². The van der Waals surface area contributed by atoms with Crippen LogP contribution in [0.1, 0.15) is 34.6 Å². The fraction of sp³-hybridized carbons (Fsp3) is 0.667. The zero-order chi connectivity index (χ0) is 11.1. The van der Waals surface area contributed by atoms with Crippen LogP contribution in [0.5, 0.6) is 0 Å². The SMILES string of the molecule is Cc1nc(N2CC3CCCC3C2)sc1C=O. The monoisotopic (exact) mass is 236 g/mol. The van der Waals surface area contributed by atoms with Crippen molar-refractivity contribution in [3.63, 3.8) is 0 Å². The molecule has 86 valence electrons. The summed E-state index contributed by atoms with van der Waals surface area (Å²) in [7, 11) is 0. The molecule has 0 radical (unpaired) electrons. The summed E-state index contributed by atoms with van der Waals surface area (Å²) in [6, 6.07) is 0. The molecule has 0 spiro atoms. The summed E-state index contributed by atoms with van der Waals surface area (Å²) in [5, 5.41) is 1.05. The van der Waals surface area contributed by atoms with E-state index >= 15 is 0 Å². The molecule has 0 bridgehead atoms. The second-order valence-corrected chi connectivity index (χ2v) is 5.93. The summed E-state index contributed by atoms with van der Waals surface area (Å²) >= 11 is 1.54. The number of rotatable bonds is 2. The van der Waals surface area contributed by atoms with Crippen molar-refractivity contribution < 1.29 is 4.79 Å². The average Bonchev–Trinajstić information content (AvgIpc) is 2.88. The molecule has 1 aliphatic heterocycles. The summed E-state index contributed by atoms with van der Waals surface area (Å²) in [5.74, 6) is 1.76. The van der Waals surface area contributed by atoms with Gasteiger partial charge in [0.15, 0.2) is 11.4 Å². The van der Waals surface area contributed by atoms with E-state index in [9.17, 15) is 4.79 Å². The molecule has 0 amide bonds. The smallest absolute Gasteiger partial charge is 0.186 e. The molecule has 0 N–H and O–H groups in total. The maximum atomic E-state index is 10.8. The molecule has 1 saturated heterocycles. The van der Waals surface area contributed by atoms with Crippen LogP contribution in [0, 0.1) is 18.8 Å². The van der Waals surface area contributed by atoms with Gasteiger partial charge in [0.25, 0.3) is 0 Å². The largest absolute Gasteiger partial charge is 0.347 e. The molecular formula is C12H16N2OS. The predicted molar refractivity (Wildman–Crippen MR) is 65.3 cm³/mol. The molecule has 2 aliphatic rings. The molecule has 3 nitrogen and oxygen atoms in total. The Morgan fingerprint density at radius 1 is 1.38 bits per heavy atom. The zero-order valence-electron chi connectivity index (χ0n) is 9.48. The Morgan fingerprint density at radius 2 is 2.06 bits per heavy atom. The number of carbonyl (C=O) groups excluding carboxylic acids is 1. The van der Waals surface area contributed by atoms with E-state index in [4.69, 9.17) is 0 Å². The number of aryl methyl sites for hydroxylation is 1. The minimum absolute atomic E-state index is 0.784. The van der Waals surface area contributed by atoms with Gasteiger partial charge in [0.1, 0.15) is 0 Å². The van der Waals surface area contributed by atoms with E-state index in [1.54, 1.807) is 11.3 Å². The van der Waals surface area contributed by atoms with Gasteiger partial charge in [-0.1, -0.05) is 17.8 Å². The van der Waals surface area contributed by atoms with Gasteiger partial charge in [0, 0.05) is 13.1 Å². The van der Waals surface area contributed by atoms with Crippen molar-refractivity contribution in [1.82, 2.24) is 4.98 Å². The Hall–Kier alpha value is -0.900. The summed E-state index contributed by atoms with van der Waals surface area (Å²) in [6.07, 6.45) is 5.09. The number of nitrogens with zero attached hydrogens (tertiary/aromatic N) is 2. The Balaban J connectivity index is 1.80. The minimum Gasteiger partial charge on any atom is -0.347 e. The van der Waals surface area contributed by atoms with Crippen LogP contribution >= 0.6 is 11.3 Å². The number of carbonyl (C=O) groups is 1. The van der Waals surface area contributed by atoms with Crippen LogP contribution in [-0.4, -0.2) is 24.4 Å². The third-order valence-corrected chi connectivity index (χ3v) is 5.07.